The summed E-state index contributed by atoms with van der Waals surface area (Å²) in [6, 6.07) is 0. The van der Waals surface area contributed by atoms with Crippen LogP contribution in [0.25, 0.3) is 0 Å². The van der Waals surface area contributed by atoms with Crippen LogP contribution >= 0.6 is 0 Å². The van der Waals surface area contributed by atoms with E-state index in [0.29, 0.717) is 19.3 Å². The molecule has 1 aliphatic rings. The van der Waals surface area contributed by atoms with E-state index in [9.17, 15) is 9.59 Å². The Balaban J connectivity index is 2.62. The molecule has 0 bridgehead atoms. The Hall–Kier alpha value is -0.700. The lowest BCUT2D eigenvalue weighted by atomic mass is 9.95. The van der Waals surface area contributed by atoms with Crippen molar-refractivity contribution in [3.63, 3.8) is 0 Å². The predicted molar refractivity (Wildman–Crippen MR) is 29.9 cm³/mol. The highest BCUT2D eigenvalue weighted by Crippen LogP contribution is 2.10. The van der Waals surface area contributed by atoms with E-state index in [-0.39, 0.29) is 11.6 Å². The third kappa shape index (κ3) is 1.16. The fourth-order valence-electron chi connectivity index (χ4n) is 0.890. The first-order valence-corrected chi connectivity index (χ1v) is 2.95. The van der Waals surface area contributed by atoms with Gasteiger partial charge < -0.3 is 5.11 Å². The molecule has 0 heterocycles. The number of Topliss-reactive ketones (excluding diaryl/α,β-unsaturated/α-hetero) is 2. The summed E-state index contributed by atoms with van der Waals surface area (Å²) in [5, 5.41) is 8.75. The number of ketones is 2. The van der Waals surface area contributed by atoms with E-state index in [1.807, 2.05) is 0 Å². The highest BCUT2D eigenvalue weighted by Gasteiger charge is 2.26. The molecule has 0 aromatic heterocycles. The Morgan fingerprint density at radius 3 is 2.00 bits per heavy atom. The Morgan fingerprint density at radius 1 is 1.22 bits per heavy atom. The van der Waals surface area contributed by atoms with Gasteiger partial charge in [0.25, 0.3) is 0 Å². The van der Waals surface area contributed by atoms with Crippen LogP contribution in [0.3, 0.4) is 0 Å². The molecule has 0 radical (unpaired) electrons. The fraction of sp³-hybridized carbons (Fsp3) is 0.667. The monoisotopic (exact) mass is 128 g/mol. The van der Waals surface area contributed by atoms with Gasteiger partial charge in [-0.3, -0.25) is 9.59 Å². The Bertz CT molecular complexity index is 134. The number of hydrogen-bond donors (Lipinski definition) is 1. The van der Waals surface area contributed by atoms with Gasteiger partial charge in [-0.1, -0.05) is 0 Å². The van der Waals surface area contributed by atoms with Crippen molar-refractivity contribution in [2.45, 2.75) is 25.4 Å². The van der Waals surface area contributed by atoms with Crippen LogP contribution < -0.4 is 0 Å². The summed E-state index contributed by atoms with van der Waals surface area (Å²) in [4.78, 5) is 21.1. The highest BCUT2D eigenvalue weighted by atomic mass is 16.3. The van der Waals surface area contributed by atoms with Crippen LogP contribution in [0.5, 0.6) is 0 Å². The predicted octanol–water partition coefficient (Wildman–Crippen LogP) is -0.331. The topological polar surface area (TPSA) is 54.4 Å². The number of aliphatic hydroxyl groups excluding tert-OH is 1. The van der Waals surface area contributed by atoms with Crippen molar-refractivity contribution >= 4 is 11.6 Å². The lowest BCUT2D eigenvalue weighted by molar-refractivity contribution is -0.141. The second kappa shape index (κ2) is 2.27. The molecule has 9 heavy (non-hydrogen) atoms. The zero-order chi connectivity index (χ0) is 6.85. The van der Waals surface area contributed by atoms with Crippen molar-refractivity contribution in [3.05, 3.63) is 0 Å². The van der Waals surface area contributed by atoms with Crippen LogP contribution in [0, 0.1) is 0 Å². The maximum Gasteiger partial charge on any atom is 0.170 e. The smallest absolute Gasteiger partial charge is 0.170 e. The molecule has 0 aromatic rings. The van der Waals surface area contributed by atoms with Crippen molar-refractivity contribution in [3.8, 4) is 0 Å². The summed E-state index contributed by atoms with van der Waals surface area (Å²) in [7, 11) is 0. The van der Waals surface area contributed by atoms with Gasteiger partial charge in [0, 0.05) is 12.8 Å². The first-order valence-electron chi connectivity index (χ1n) is 2.95. The molecular weight excluding hydrogens is 120 g/mol. The molecule has 0 aromatic carbocycles. The van der Waals surface area contributed by atoms with Gasteiger partial charge in [-0.05, 0) is 6.42 Å². The van der Waals surface area contributed by atoms with Crippen molar-refractivity contribution in [1.82, 2.24) is 0 Å². The van der Waals surface area contributed by atoms with Crippen LogP contribution in [0.4, 0.5) is 0 Å². The van der Waals surface area contributed by atoms with Gasteiger partial charge in [-0.25, -0.2) is 0 Å². The molecule has 1 aliphatic carbocycles. The Kier molecular flexibility index (Phi) is 1.62. The van der Waals surface area contributed by atoms with Gasteiger partial charge in [0.05, 0.1) is 0 Å². The van der Waals surface area contributed by atoms with Crippen LogP contribution in [-0.2, 0) is 9.59 Å². The third-order valence-corrected chi connectivity index (χ3v) is 1.46. The minimum absolute atomic E-state index is 0.328. The average Bonchev–Trinajstić information content (AvgIpc) is 1.83. The number of hydrogen-bond acceptors (Lipinski definition) is 3. The molecule has 1 rings (SSSR count). The second-order valence-corrected chi connectivity index (χ2v) is 2.19. The van der Waals surface area contributed by atoms with E-state index in [1.165, 1.54) is 0 Å². The Morgan fingerprint density at radius 2 is 1.67 bits per heavy atom. The molecular formula is C6H8O3. The fourth-order valence-corrected chi connectivity index (χ4v) is 0.890. The lowest BCUT2D eigenvalue weighted by Crippen LogP contribution is -2.33. The molecule has 0 spiro atoms. The van der Waals surface area contributed by atoms with E-state index in [4.69, 9.17) is 5.11 Å². The molecule has 50 valence electrons. The summed E-state index contributed by atoms with van der Waals surface area (Å²) in [5.74, 6) is -0.655. The van der Waals surface area contributed by atoms with E-state index in [2.05, 4.69) is 0 Å². The van der Waals surface area contributed by atoms with Gasteiger partial charge in [0.2, 0.25) is 0 Å². The summed E-state index contributed by atoms with van der Waals surface area (Å²) < 4.78 is 0. The zero-order valence-corrected chi connectivity index (χ0v) is 4.96. The minimum Gasteiger partial charge on any atom is -0.378 e. The molecule has 1 fully saturated rings. The highest BCUT2D eigenvalue weighted by molar-refractivity contribution is 6.06. The molecule has 0 unspecified atom stereocenters. The van der Waals surface area contributed by atoms with Gasteiger partial charge in [0.1, 0.15) is 0 Å². The minimum atomic E-state index is -1.31. The first kappa shape index (κ1) is 6.42. The summed E-state index contributed by atoms with van der Waals surface area (Å²) >= 11 is 0. The van der Waals surface area contributed by atoms with Crippen molar-refractivity contribution in [2.24, 2.45) is 0 Å². The molecule has 3 heteroatoms. The molecule has 0 amide bonds. The molecule has 1 saturated carbocycles. The van der Waals surface area contributed by atoms with Crippen molar-refractivity contribution in [1.29, 1.82) is 0 Å². The van der Waals surface area contributed by atoms with Gasteiger partial charge in [-0.15, -0.1) is 0 Å². The SMILES string of the molecule is O=C1CCCC(=O)C1O. The quantitative estimate of drug-likeness (QED) is 0.454. The molecule has 0 aliphatic heterocycles. The van der Waals surface area contributed by atoms with Crippen molar-refractivity contribution < 1.29 is 14.7 Å². The van der Waals surface area contributed by atoms with Crippen LogP contribution in [0.1, 0.15) is 19.3 Å². The van der Waals surface area contributed by atoms with Crippen LogP contribution in [0.2, 0.25) is 0 Å². The number of carbonyl (C=O) groups is 2. The van der Waals surface area contributed by atoms with Gasteiger partial charge in [0.15, 0.2) is 17.7 Å². The van der Waals surface area contributed by atoms with E-state index >= 15 is 0 Å². The first-order chi connectivity index (χ1) is 4.22. The largest absolute Gasteiger partial charge is 0.378 e. The van der Waals surface area contributed by atoms with Gasteiger partial charge >= 0.3 is 0 Å². The van der Waals surface area contributed by atoms with Crippen LogP contribution in [0.15, 0.2) is 0 Å². The summed E-state index contributed by atoms with van der Waals surface area (Å²) in [6.07, 6.45) is 0.00731. The second-order valence-electron chi connectivity index (χ2n) is 2.19. The molecule has 0 atom stereocenters. The molecule has 0 saturated heterocycles. The third-order valence-electron chi connectivity index (χ3n) is 1.46. The average molecular weight is 128 g/mol. The number of rotatable bonds is 0. The number of aliphatic hydroxyl groups is 1. The normalized spacial score (nSPS) is 22.8. The maximum absolute atomic E-state index is 10.5. The summed E-state index contributed by atoms with van der Waals surface area (Å²) in [5.41, 5.74) is 0. The van der Waals surface area contributed by atoms with Crippen molar-refractivity contribution in [2.75, 3.05) is 0 Å². The molecule has 1 N–H and O–H groups in total. The van der Waals surface area contributed by atoms with E-state index in [1.54, 1.807) is 0 Å². The standard InChI is InChI=1S/C6H8O3/c7-4-2-1-3-5(8)6(4)9/h6,9H,1-3H2. The van der Waals surface area contributed by atoms with Crippen LogP contribution in [-0.4, -0.2) is 22.8 Å². The number of carbonyl (C=O) groups excluding carboxylic acids is 2. The maximum atomic E-state index is 10.5. The van der Waals surface area contributed by atoms with E-state index in [0.717, 1.165) is 0 Å². The van der Waals surface area contributed by atoms with Gasteiger partial charge in [-0.2, -0.15) is 0 Å². The molecule has 3 nitrogen and oxygen atoms in total. The summed E-state index contributed by atoms with van der Waals surface area (Å²) in [6.45, 7) is 0. The van der Waals surface area contributed by atoms with E-state index < -0.39 is 6.10 Å². The lowest BCUT2D eigenvalue weighted by Gasteiger charge is -2.12. The Labute approximate surface area is 52.7 Å². The zero-order valence-electron chi connectivity index (χ0n) is 4.96.